The number of nitrogen functional groups attached to an aromatic ring is 1. The lowest BCUT2D eigenvalue weighted by molar-refractivity contribution is 0.260. The summed E-state index contributed by atoms with van der Waals surface area (Å²) >= 11 is 0. The minimum atomic E-state index is -3.64. The van der Waals surface area contributed by atoms with E-state index in [1.807, 2.05) is 0 Å². The van der Waals surface area contributed by atoms with Gasteiger partial charge in [0.25, 0.3) is 0 Å². The number of nitrogens with zero attached hydrogens (tertiary/aromatic N) is 1. The van der Waals surface area contributed by atoms with Crippen molar-refractivity contribution >= 4 is 15.7 Å². The Balaban J connectivity index is 3.17. The summed E-state index contributed by atoms with van der Waals surface area (Å²) in [5, 5.41) is 8.91. The fourth-order valence-corrected chi connectivity index (χ4v) is 2.93. The minimum Gasteiger partial charge on any atom is -0.398 e. The maximum absolute atomic E-state index is 12.3. The largest absolute Gasteiger partial charge is 0.398 e. The van der Waals surface area contributed by atoms with Crippen LogP contribution in [0.2, 0.25) is 0 Å². The van der Waals surface area contributed by atoms with Crippen molar-refractivity contribution in [1.29, 1.82) is 0 Å². The smallest absolute Gasteiger partial charge is 0.243 e. The van der Waals surface area contributed by atoms with Gasteiger partial charge in [0.15, 0.2) is 0 Å². The van der Waals surface area contributed by atoms with Crippen LogP contribution in [0, 0.1) is 6.92 Å². The van der Waals surface area contributed by atoms with E-state index >= 15 is 0 Å². The maximum Gasteiger partial charge on any atom is 0.243 e. The van der Waals surface area contributed by atoms with Gasteiger partial charge in [0.05, 0.1) is 11.5 Å². The Bertz CT molecular complexity index is 526. The summed E-state index contributed by atoms with van der Waals surface area (Å²) in [4.78, 5) is 0.126. The van der Waals surface area contributed by atoms with Crippen LogP contribution in [0.1, 0.15) is 5.56 Å². The monoisotopic (exact) mass is 270 g/mol. The minimum absolute atomic E-state index is 0.0299. The summed E-state index contributed by atoms with van der Waals surface area (Å²) in [6.45, 7) is 5.25. The zero-order chi connectivity index (χ0) is 13.8. The molecule has 0 aromatic heterocycles. The van der Waals surface area contributed by atoms with Crippen LogP contribution in [-0.2, 0) is 10.0 Å². The highest BCUT2D eigenvalue weighted by Gasteiger charge is 2.23. The van der Waals surface area contributed by atoms with Crippen molar-refractivity contribution in [3.63, 3.8) is 0 Å². The molecule has 1 aromatic rings. The molecule has 1 rings (SSSR count). The lowest BCUT2D eigenvalue weighted by atomic mass is 10.2. The van der Waals surface area contributed by atoms with E-state index in [2.05, 4.69) is 6.58 Å². The highest BCUT2D eigenvalue weighted by atomic mass is 32.2. The Morgan fingerprint density at radius 2 is 2.17 bits per heavy atom. The third kappa shape index (κ3) is 3.10. The number of nitrogens with two attached hydrogens (primary N) is 1. The lowest BCUT2D eigenvalue weighted by Crippen LogP contribution is -2.33. The topological polar surface area (TPSA) is 83.6 Å². The maximum atomic E-state index is 12.3. The number of hydrogen-bond acceptors (Lipinski definition) is 4. The fraction of sp³-hybridized carbons (Fsp3) is 0.333. The Labute approximate surface area is 108 Å². The van der Waals surface area contributed by atoms with Gasteiger partial charge in [-0.2, -0.15) is 4.31 Å². The quantitative estimate of drug-likeness (QED) is 0.590. The van der Waals surface area contributed by atoms with Gasteiger partial charge in [-0.05, 0) is 24.6 Å². The summed E-state index contributed by atoms with van der Waals surface area (Å²) in [6.07, 6.45) is 1.48. The number of aliphatic hydroxyl groups is 1. The van der Waals surface area contributed by atoms with Crippen LogP contribution in [0.25, 0.3) is 0 Å². The van der Waals surface area contributed by atoms with Gasteiger partial charge >= 0.3 is 0 Å². The van der Waals surface area contributed by atoms with Gasteiger partial charge in [0.2, 0.25) is 10.0 Å². The molecule has 0 bridgehead atoms. The molecule has 0 radical (unpaired) electrons. The van der Waals surface area contributed by atoms with Crippen LogP contribution in [0.5, 0.6) is 0 Å². The molecule has 0 atom stereocenters. The van der Waals surface area contributed by atoms with Gasteiger partial charge in [-0.15, -0.1) is 6.58 Å². The Kier molecular flexibility index (Phi) is 4.89. The second kappa shape index (κ2) is 5.99. The molecule has 0 spiro atoms. The van der Waals surface area contributed by atoms with Gasteiger partial charge < -0.3 is 10.8 Å². The second-order valence-electron chi connectivity index (χ2n) is 3.89. The first-order chi connectivity index (χ1) is 8.43. The average Bonchev–Trinajstić information content (AvgIpc) is 2.32. The Morgan fingerprint density at radius 1 is 1.50 bits per heavy atom. The summed E-state index contributed by atoms with van der Waals surface area (Å²) in [5.41, 5.74) is 6.97. The highest BCUT2D eigenvalue weighted by molar-refractivity contribution is 7.89. The molecular weight excluding hydrogens is 252 g/mol. The SMILES string of the molecule is C=CCN(CCO)S(=O)(=O)c1ccc(C)c(N)c1. The normalized spacial score (nSPS) is 11.7. The van der Waals surface area contributed by atoms with Crippen LogP contribution < -0.4 is 5.73 Å². The molecule has 0 fully saturated rings. The predicted molar refractivity (Wildman–Crippen MR) is 71.6 cm³/mol. The van der Waals surface area contributed by atoms with Gasteiger partial charge in [-0.1, -0.05) is 12.1 Å². The molecule has 5 nitrogen and oxygen atoms in total. The molecule has 100 valence electrons. The number of aryl methyl sites for hydroxylation is 1. The third-order valence-corrected chi connectivity index (χ3v) is 4.43. The molecule has 0 saturated heterocycles. The molecule has 3 N–H and O–H groups in total. The molecule has 18 heavy (non-hydrogen) atoms. The van der Waals surface area contributed by atoms with Crippen LogP contribution in [0.3, 0.4) is 0 Å². The average molecular weight is 270 g/mol. The van der Waals surface area contributed by atoms with E-state index in [9.17, 15) is 8.42 Å². The van der Waals surface area contributed by atoms with Gasteiger partial charge in [-0.3, -0.25) is 0 Å². The first-order valence-corrected chi connectivity index (χ1v) is 6.95. The summed E-state index contributed by atoms with van der Waals surface area (Å²) < 4.78 is 25.7. The van der Waals surface area contributed by atoms with Gasteiger partial charge in [0.1, 0.15) is 0 Å². The van der Waals surface area contributed by atoms with E-state index in [0.717, 1.165) is 9.87 Å². The van der Waals surface area contributed by atoms with Gasteiger partial charge in [-0.25, -0.2) is 8.42 Å². The highest BCUT2D eigenvalue weighted by Crippen LogP contribution is 2.20. The molecule has 1 aromatic carbocycles. The van der Waals surface area contributed by atoms with Crippen molar-refractivity contribution in [3.05, 3.63) is 36.4 Å². The van der Waals surface area contributed by atoms with E-state index in [0.29, 0.717) is 5.69 Å². The zero-order valence-electron chi connectivity index (χ0n) is 10.3. The van der Waals surface area contributed by atoms with Crippen LogP contribution in [-0.4, -0.2) is 37.5 Å². The van der Waals surface area contributed by atoms with Crippen molar-refractivity contribution in [2.24, 2.45) is 0 Å². The van der Waals surface area contributed by atoms with E-state index in [1.165, 1.54) is 18.2 Å². The van der Waals surface area contributed by atoms with Crippen molar-refractivity contribution < 1.29 is 13.5 Å². The molecule has 0 aliphatic rings. The van der Waals surface area contributed by atoms with Crippen LogP contribution >= 0.6 is 0 Å². The zero-order valence-corrected chi connectivity index (χ0v) is 11.2. The number of benzene rings is 1. The number of rotatable bonds is 6. The fourth-order valence-electron chi connectivity index (χ4n) is 1.49. The summed E-state index contributed by atoms with van der Waals surface area (Å²) in [5.74, 6) is 0. The van der Waals surface area contributed by atoms with Crippen molar-refractivity contribution in [1.82, 2.24) is 4.31 Å². The third-order valence-electron chi connectivity index (χ3n) is 2.57. The molecule has 0 unspecified atom stereocenters. The van der Waals surface area contributed by atoms with E-state index < -0.39 is 10.0 Å². The predicted octanol–water partition coefficient (Wildman–Crippen LogP) is 0.746. The van der Waals surface area contributed by atoms with E-state index in [1.54, 1.807) is 13.0 Å². The molecule has 0 amide bonds. The Morgan fingerprint density at radius 3 is 2.67 bits per heavy atom. The van der Waals surface area contributed by atoms with Gasteiger partial charge in [0, 0.05) is 18.8 Å². The summed E-state index contributed by atoms with van der Waals surface area (Å²) in [6, 6.07) is 4.60. The van der Waals surface area contributed by atoms with Crippen molar-refractivity contribution in [2.45, 2.75) is 11.8 Å². The van der Waals surface area contributed by atoms with E-state index in [4.69, 9.17) is 10.8 Å². The molecule has 0 aliphatic carbocycles. The molecule has 0 saturated carbocycles. The summed E-state index contributed by atoms with van der Waals surface area (Å²) in [7, 11) is -3.64. The lowest BCUT2D eigenvalue weighted by Gasteiger charge is -2.20. The molecular formula is C12H18N2O3S. The van der Waals surface area contributed by atoms with Crippen LogP contribution in [0.4, 0.5) is 5.69 Å². The van der Waals surface area contributed by atoms with E-state index in [-0.39, 0.29) is 24.6 Å². The van der Waals surface area contributed by atoms with Crippen LogP contribution in [0.15, 0.2) is 35.7 Å². The molecule has 0 heterocycles. The standard InChI is InChI=1S/C12H18N2O3S/c1-3-6-14(7-8-15)18(16,17)11-5-4-10(2)12(13)9-11/h3-5,9,15H,1,6-8,13H2,2H3. The Hall–Kier alpha value is -1.37. The van der Waals surface area contributed by atoms with Crippen molar-refractivity contribution in [2.75, 3.05) is 25.4 Å². The molecule has 0 aliphatic heterocycles. The second-order valence-corrected chi connectivity index (χ2v) is 5.83. The molecule has 6 heteroatoms. The van der Waals surface area contributed by atoms with Crippen molar-refractivity contribution in [3.8, 4) is 0 Å². The number of anilines is 1. The number of sulfonamides is 1. The first-order valence-electron chi connectivity index (χ1n) is 5.51. The first kappa shape index (κ1) is 14.7. The number of hydrogen-bond donors (Lipinski definition) is 2. The number of aliphatic hydroxyl groups excluding tert-OH is 1.